The Morgan fingerprint density at radius 1 is 1.62 bits per heavy atom. The predicted molar refractivity (Wildman–Crippen MR) is 50.3 cm³/mol. The standard InChI is InChI=1S/C9H16N4/c1-2-5-10-6-9-12-11-7-13(9)8-3-4-8/h7-8,10H,2-6H2,1H3. The van der Waals surface area contributed by atoms with Gasteiger partial charge >= 0.3 is 0 Å². The molecule has 1 aliphatic carbocycles. The summed E-state index contributed by atoms with van der Waals surface area (Å²) in [6, 6.07) is 0.688. The molecule has 0 amide bonds. The first-order chi connectivity index (χ1) is 6.42. The molecule has 0 bridgehead atoms. The zero-order chi connectivity index (χ0) is 9.10. The number of nitrogens with one attached hydrogen (secondary N) is 1. The van der Waals surface area contributed by atoms with Crippen molar-refractivity contribution in [2.24, 2.45) is 0 Å². The minimum Gasteiger partial charge on any atom is -0.313 e. The molecule has 0 spiro atoms. The predicted octanol–water partition coefficient (Wildman–Crippen LogP) is 1.11. The lowest BCUT2D eigenvalue weighted by Gasteiger charge is -2.04. The Balaban J connectivity index is 1.90. The van der Waals surface area contributed by atoms with Crippen LogP contribution in [0.2, 0.25) is 0 Å². The van der Waals surface area contributed by atoms with E-state index in [4.69, 9.17) is 0 Å². The fourth-order valence-electron chi connectivity index (χ4n) is 1.43. The molecule has 2 rings (SSSR count). The SMILES string of the molecule is CCCNCc1nncn1C1CC1. The number of rotatable bonds is 5. The number of nitrogens with zero attached hydrogens (tertiary/aromatic N) is 3. The van der Waals surface area contributed by atoms with Crippen LogP contribution in [-0.2, 0) is 6.54 Å². The van der Waals surface area contributed by atoms with Gasteiger partial charge in [0.15, 0.2) is 0 Å². The molecule has 1 aliphatic rings. The van der Waals surface area contributed by atoms with E-state index >= 15 is 0 Å². The molecular formula is C9H16N4. The smallest absolute Gasteiger partial charge is 0.147 e. The summed E-state index contributed by atoms with van der Waals surface area (Å²) in [6.45, 7) is 4.07. The molecule has 1 fully saturated rings. The molecule has 0 unspecified atom stereocenters. The van der Waals surface area contributed by atoms with Gasteiger partial charge in [-0.2, -0.15) is 0 Å². The molecule has 4 heteroatoms. The Bertz CT molecular complexity index is 264. The lowest BCUT2D eigenvalue weighted by atomic mass is 10.4. The van der Waals surface area contributed by atoms with Gasteiger partial charge in [-0.1, -0.05) is 6.92 Å². The second kappa shape index (κ2) is 3.87. The highest BCUT2D eigenvalue weighted by Gasteiger charge is 2.25. The quantitative estimate of drug-likeness (QED) is 0.690. The summed E-state index contributed by atoms with van der Waals surface area (Å²) < 4.78 is 2.20. The van der Waals surface area contributed by atoms with Gasteiger partial charge in [0.05, 0.1) is 6.54 Å². The van der Waals surface area contributed by atoms with E-state index in [-0.39, 0.29) is 0 Å². The Kier molecular flexibility index (Phi) is 2.59. The largest absolute Gasteiger partial charge is 0.313 e. The molecule has 1 aromatic rings. The van der Waals surface area contributed by atoms with Crippen LogP contribution in [0, 0.1) is 0 Å². The van der Waals surface area contributed by atoms with Crippen molar-refractivity contribution in [3.8, 4) is 0 Å². The normalized spacial score (nSPS) is 16.4. The first-order valence-corrected chi connectivity index (χ1v) is 5.01. The van der Waals surface area contributed by atoms with Gasteiger partial charge in [0.25, 0.3) is 0 Å². The maximum Gasteiger partial charge on any atom is 0.147 e. The topological polar surface area (TPSA) is 42.7 Å². The highest BCUT2D eigenvalue weighted by molar-refractivity contribution is 4.94. The van der Waals surface area contributed by atoms with Crippen LogP contribution in [0.1, 0.15) is 38.1 Å². The molecule has 0 aliphatic heterocycles. The lowest BCUT2D eigenvalue weighted by Crippen LogP contribution is -2.17. The third kappa shape index (κ3) is 2.06. The number of hydrogen-bond acceptors (Lipinski definition) is 3. The van der Waals surface area contributed by atoms with Gasteiger partial charge in [-0.25, -0.2) is 0 Å². The molecule has 1 N–H and O–H groups in total. The minimum atomic E-state index is 0.688. The Morgan fingerprint density at radius 2 is 2.46 bits per heavy atom. The molecule has 1 heterocycles. The fourth-order valence-corrected chi connectivity index (χ4v) is 1.43. The summed E-state index contributed by atoms with van der Waals surface area (Å²) >= 11 is 0. The lowest BCUT2D eigenvalue weighted by molar-refractivity contribution is 0.601. The molecule has 72 valence electrons. The van der Waals surface area contributed by atoms with Crippen molar-refractivity contribution in [3.05, 3.63) is 12.2 Å². The van der Waals surface area contributed by atoms with E-state index < -0.39 is 0 Å². The van der Waals surface area contributed by atoms with Crippen molar-refractivity contribution in [2.45, 2.75) is 38.8 Å². The summed E-state index contributed by atoms with van der Waals surface area (Å²) in [5, 5.41) is 11.4. The van der Waals surface area contributed by atoms with Crippen LogP contribution >= 0.6 is 0 Å². The molecule has 0 atom stereocenters. The van der Waals surface area contributed by atoms with Crippen molar-refractivity contribution < 1.29 is 0 Å². The minimum absolute atomic E-state index is 0.688. The average molecular weight is 180 g/mol. The maximum atomic E-state index is 4.10. The molecule has 1 saturated carbocycles. The van der Waals surface area contributed by atoms with Gasteiger partial charge < -0.3 is 9.88 Å². The Morgan fingerprint density at radius 3 is 3.15 bits per heavy atom. The van der Waals surface area contributed by atoms with E-state index in [1.54, 1.807) is 0 Å². The molecule has 0 aromatic carbocycles. The Hall–Kier alpha value is -0.900. The van der Waals surface area contributed by atoms with Crippen LogP contribution in [-0.4, -0.2) is 21.3 Å². The Labute approximate surface area is 78.4 Å². The van der Waals surface area contributed by atoms with E-state index in [9.17, 15) is 0 Å². The summed E-state index contributed by atoms with van der Waals surface area (Å²) in [4.78, 5) is 0. The van der Waals surface area contributed by atoms with Gasteiger partial charge in [-0.3, -0.25) is 0 Å². The molecule has 1 aromatic heterocycles. The maximum absolute atomic E-state index is 4.10. The van der Waals surface area contributed by atoms with Crippen molar-refractivity contribution in [1.29, 1.82) is 0 Å². The van der Waals surface area contributed by atoms with Crippen LogP contribution in [0.3, 0.4) is 0 Å². The second-order valence-corrected chi connectivity index (χ2v) is 3.56. The van der Waals surface area contributed by atoms with Gasteiger partial charge in [0.2, 0.25) is 0 Å². The third-order valence-electron chi connectivity index (χ3n) is 2.30. The second-order valence-electron chi connectivity index (χ2n) is 3.56. The highest BCUT2D eigenvalue weighted by Crippen LogP contribution is 2.35. The zero-order valence-corrected chi connectivity index (χ0v) is 8.03. The van der Waals surface area contributed by atoms with Gasteiger partial charge in [-0.15, -0.1) is 10.2 Å². The van der Waals surface area contributed by atoms with E-state index in [1.807, 2.05) is 6.33 Å². The van der Waals surface area contributed by atoms with Gasteiger partial charge in [0.1, 0.15) is 12.2 Å². The van der Waals surface area contributed by atoms with Crippen molar-refractivity contribution >= 4 is 0 Å². The van der Waals surface area contributed by atoms with E-state index in [0.29, 0.717) is 6.04 Å². The highest BCUT2D eigenvalue weighted by atomic mass is 15.3. The van der Waals surface area contributed by atoms with Crippen LogP contribution < -0.4 is 5.32 Å². The first-order valence-electron chi connectivity index (χ1n) is 5.01. The first kappa shape index (κ1) is 8.69. The van der Waals surface area contributed by atoms with Crippen molar-refractivity contribution in [1.82, 2.24) is 20.1 Å². The summed E-state index contributed by atoms with van der Waals surface area (Å²) in [5.74, 6) is 1.08. The third-order valence-corrected chi connectivity index (χ3v) is 2.30. The summed E-state index contributed by atoms with van der Waals surface area (Å²) in [5.41, 5.74) is 0. The molecule has 4 nitrogen and oxygen atoms in total. The van der Waals surface area contributed by atoms with Crippen LogP contribution in [0.4, 0.5) is 0 Å². The van der Waals surface area contributed by atoms with Crippen LogP contribution in [0.25, 0.3) is 0 Å². The van der Waals surface area contributed by atoms with E-state index in [2.05, 4.69) is 27.0 Å². The zero-order valence-electron chi connectivity index (χ0n) is 8.03. The van der Waals surface area contributed by atoms with E-state index in [1.165, 1.54) is 12.8 Å². The van der Waals surface area contributed by atoms with Gasteiger partial charge in [0, 0.05) is 6.04 Å². The molecule has 0 radical (unpaired) electrons. The van der Waals surface area contributed by atoms with Crippen LogP contribution in [0.5, 0.6) is 0 Å². The average Bonchev–Trinajstić information content (AvgIpc) is 2.88. The van der Waals surface area contributed by atoms with Crippen molar-refractivity contribution in [3.63, 3.8) is 0 Å². The number of aromatic nitrogens is 3. The van der Waals surface area contributed by atoms with E-state index in [0.717, 1.165) is 25.3 Å². The summed E-state index contributed by atoms with van der Waals surface area (Å²) in [6.07, 6.45) is 5.59. The van der Waals surface area contributed by atoms with Crippen LogP contribution in [0.15, 0.2) is 6.33 Å². The molecule has 13 heavy (non-hydrogen) atoms. The monoisotopic (exact) mass is 180 g/mol. The fraction of sp³-hybridized carbons (Fsp3) is 0.778. The number of hydrogen-bond donors (Lipinski definition) is 1. The molecule has 0 saturated heterocycles. The molecular weight excluding hydrogens is 164 g/mol. The summed E-state index contributed by atoms with van der Waals surface area (Å²) in [7, 11) is 0. The van der Waals surface area contributed by atoms with Gasteiger partial charge in [-0.05, 0) is 25.8 Å². The van der Waals surface area contributed by atoms with Crippen molar-refractivity contribution in [2.75, 3.05) is 6.54 Å².